The van der Waals surface area contributed by atoms with Crippen molar-refractivity contribution in [3.63, 3.8) is 0 Å². The van der Waals surface area contributed by atoms with Gasteiger partial charge in [0.15, 0.2) is 0 Å². The van der Waals surface area contributed by atoms with Crippen molar-refractivity contribution in [1.29, 1.82) is 0 Å². The lowest BCUT2D eigenvalue weighted by Gasteiger charge is -1.95. The maximum atomic E-state index is 13.4. The average Bonchev–Trinajstić information content (AvgIpc) is 2.85. The normalized spacial score (nSPS) is 22.9. The van der Waals surface area contributed by atoms with Crippen LogP contribution in [0.4, 0.5) is 4.39 Å². The lowest BCUT2D eigenvalue weighted by molar-refractivity contribution is 0.0692. The van der Waals surface area contributed by atoms with E-state index in [0.717, 1.165) is 12.2 Å². The predicted molar refractivity (Wildman–Crippen MR) is 59.5 cm³/mol. The summed E-state index contributed by atoms with van der Waals surface area (Å²) in [5.41, 5.74) is 0.735. The monoisotopic (exact) mass is 234 g/mol. The minimum atomic E-state index is -1.27. The van der Waals surface area contributed by atoms with E-state index in [9.17, 15) is 9.18 Å². The van der Waals surface area contributed by atoms with Gasteiger partial charge < -0.3 is 10.1 Å². The number of hydrogen-bond acceptors (Lipinski definition) is 2. The number of benzene rings is 1. The molecule has 1 aromatic carbocycles. The molecule has 17 heavy (non-hydrogen) atoms. The van der Waals surface area contributed by atoms with Gasteiger partial charge in [0.25, 0.3) is 0 Å². The fourth-order valence-corrected chi connectivity index (χ4v) is 2.09. The van der Waals surface area contributed by atoms with E-state index in [4.69, 9.17) is 5.11 Å². The number of aromatic carboxylic acids is 1. The number of carboxylic acid groups (broad SMARTS) is 1. The van der Waals surface area contributed by atoms with Crippen molar-refractivity contribution in [3.05, 3.63) is 29.3 Å². The van der Waals surface area contributed by atoms with Gasteiger partial charge in [0.05, 0.1) is 16.6 Å². The van der Waals surface area contributed by atoms with Crippen LogP contribution in [0, 0.1) is 11.7 Å². The first-order valence-electron chi connectivity index (χ1n) is 5.48. The van der Waals surface area contributed by atoms with Crippen molar-refractivity contribution in [2.45, 2.75) is 19.3 Å². The molecule has 2 aromatic rings. The van der Waals surface area contributed by atoms with Gasteiger partial charge in [-0.2, -0.15) is 0 Å². The summed E-state index contributed by atoms with van der Waals surface area (Å²) in [7, 11) is 0. The van der Waals surface area contributed by atoms with E-state index in [1.54, 1.807) is 0 Å². The SMILES string of the molecule is CC1CC1c1nc2cc(C(=O)O)c(F)cc2[nH]1. The second-order valence-corrected chi connectivity index (χ2v) is 4.60. The number of halogens is 1. The average molecular weight is 234 g/mol. The summed E-state index contributed by atoms with van der Waals surface area (Å²) in [5, 5.41) is 8.82. The van der Waals surface area contributed by atoms with Crippen molar-refractivity contribution >= 4 is 17.0 Å². The molecular weight excluding hydrogens is 223 g/mol. The van der Waals surface area contributed by atoms with Gasteiger partial charge >= 0.3 is 5.97 Å². The lowest BCUT2D eigenvalue weighted by Crippen LogP contribution is -1.99. The highest BCUT2D eigenvalue weighted by Crippen LogP contribution is 2.45. The van der Waals surface area contributed by atoms with E-state index in [2.05, 4.69) is 16.9 Å². The molecule has 1 aliphatic carbocycles. The Kier molecular flexibility index (Phi) is 1.98. The summed E-state index contributed by atoms with van der Waals surface area (Å²) < 4.78 is 13.4. The third-order valence-corrected chi connectivity index (χ3v) is 3.28. The van der Waals surface area contributed by atoms with E-state index in [1.807, 2.05) is 0 Å². The third-order valence-electron chi connectivity index (χ3n) is 3.28. The van der Waals surface area contributed by atoms with Crippen LogP contribution in [0.25, 0.3) is 11.0 Å². The Bertz CT molecular complexity index is 620. The zero-order valence-corrected chi connectivity index (χ0v) is 9.20. The van der Waals surface area contributed by atoms with Gasteiger partial charge in [-0.1, -0.05) is 6.92 Å². The number of aromatic nitrogens is 2. The van der Waals surface area contributed by atoms with E-state index in [0.29, 0.717) is 22.9 Å². The van der Waals surface area contributed by atoms with E-state index >= 15 is 0 Å². The molecule has 0 spiro atoms. The van der Waals surface area contributed by atoms with Gasteiger partial charge in [-0.15, -0.1) is 0 Å². The van der Waals surface area contributed by atoms with Crippen LogP contribution >= 0.6 is 0 Å². The number of rotatable bonds is 2. The number of aromatic amines is 1. The molecule has 1 heterocycles. The van der Waals surface area contributed by atoms with Crippen LogP contribution in [-0.4, -0.2) is 21.0 Å². The number of nitrogens with one attached hydrogen (secondary N) is 1. The number of carbonyl (C=O) groups is 1. The number of carboxylic acids is 1. The number of imidazole rings is 1. The molecule has 1 fully saturated rings. The van der Waals surface area contributed by atoms with Crippen LogP contribution in [0.1, 0.15) is 35.4 Å². The summed E-state index contributed by atoms with van der Waals surface area (Å²) in [4.78, 5) is 18.2. The Morgan fingerprint density at radius 3 is 2.88 bits per heavy atom. The molecule has 4 nitrogen and oxygen atoms in total. The zero-order chi connectivity index (χ0) is 12.2. The first kappa shape index (κ1) is 10.3. The lowest BCUT2D eigenvalue weighted by atomic mass is 10.2. The Morgan fingerprint density at radius 1 is 1.59 bits per heavy atom. The first-order chi connectivity index (χ1) is 8.06. The maximum absolute atomic E-state index is 13.4. The van der Waals surface area contributed by atoms with Crippen LogP contribution in [-0.2, 0) is 0 Å². The van der Waals surface area contributed by atoms with Crippen LogP contribution in [0.3, 0.4) is 0 Å². The molecule has 0 bridgehead atoms. The first-order valence-corrected chi connectivity index (χ1v) is 5.48. The third kappa shape index (κ3) is 1.58. The van der Waals surface area contributed by atoms with Gasteiger partial charge in [0.2, 0.25) is 0 Å². The van der Waals surface area contributed by atoms with Crippen LogP contribution < -0.4 is 0 Å². The molecule has 1 aromatic heterocycles. The van der Waals surface area contributed by atoms with Gasteiger partial charge in [-0.05, 0) is 18.4 Å². The Hall–Kier alpha value is -1.91. The van der Waals surface area contributed by atoms with Crippen molar-refractivity contribution in [2.24, 2.45) is 5.92 Å². The Morgan fingerprint density at radius 2 is 2.29 bits per heavy atom. The fraction of sp³-hybridized carbons (Fsp3) is 0.333. The minimum Gasteiger partial charge on any atom is -0.478 e. The van der Waals surface area contributed by atoms with Crippen molar-refractivity contribution in [1.82, 2.24) is 9.97 Å². The molecule has 0 amide bonds. The molecule has 0 saturated heterocycles. The van der Waals surface area contributed by atoms with Crippen LogP contribution in [0.2, 0.25) is 0 Å². The summed E-state index contributed by atoms with van der Waals surface area (Å²) in [6.07, 6.45) is 1.08. The second-order valence-electron chi connectivity index (χ2n) is 4.60. The van der Waals surface area contributed by atoms with Crippen molar-refractivity contribution in [2.75, 3.05) is 0 Å². The maximum Gasteiger partial charge on any atom is 0.338 e. The standard InChI is InChI=1S/C12H11FN2O2/c1-5-2-6(5)11-14-9-3-7(12(16)17)8(13)4-10(9)15-11/h3-6H,2H2,1H3,(H,14,15)(H,16,17). The number of nitrogens with zero attached hydrogens (tertiary/aromatic N) is 1. The number of H-pyrrole nitrogens is 1. The fourth-order valence-electron chi connectivity index (χ4n) is 2.09. The largest absolute Gasteiger partial charge is 0.478 e. The quantitative estimate of drug-likeness (QED) is 0.839. The van der Waals surface area contributed by atoms with E-state index < -0.39 is 11.8 Å². The summed E-state index contributed by atoms with van der Waals surface area (Å²) >= 11 is 0. The predicted octanol–water partition coefficient (Wildman–Crippen LogP) is 2.52. The molecule has 0 radical (unpaired) electrons. The topological polar surface area (TPSA) is 66.0 Å². The van der Waals surface area contributed by atoms with Crippen LogP contribution in [0.15, 0.2) is 12.1 Å². The number of hydrogen-bond donors (Lipinski definition) is 2. The molecule has 0 aliphatic heterocycles. The van der Waals surface area contributed by atoms with E-state index in [-0.39, 0.29) is 5.56 Å². The highest BCUT2D eigenvalue weighted by molar-refractivity contribution is 5.92. The van der Waals surface area contributed by atoms with Gasteiger partial charge in [-0.3, -0.25) is 0 Å². The zero-order valence-electron chi connectivity index (χ0n) is 9.20. The van der Waals surface area contributed by atoms with Gasteiger partial charge in [-0.25, -0.2) is 14.2 Å². The molecule has 1 saturated carbocycles. The van der Waals surface area contributed by atoms with E-state index in [1.165, 1.54) is 12.1 Å². The molecule has 3 rings (SSSR count). The summed E-state index contributed by atoms with van der Waals surface area (Å²) in [6, 6.07) is 2.47. The second kappa shape index (κ2) is 3.29. The van der Waals surface area contributed by atoms with Gasteiger partial charge in [0, 0.05) is 12.0 Å². The molecule has 2 N–H and O–H groups in total. The summed E-state index contributed by atoms with van der Waals surface area (Å²) in [5.74, 6) is -0.176. The Labute approximate surface area is 96.5 Å². The van der Waals surface area contributed by atoms with Crippen molar-refractivity contribution in [3.8, 4) is 0 Å². The Balaban J connectivity index is 2.13. The molecular formula is C12H11FN2O2. The molecule has 2 atom stereocenters. The molecule has 1 aliphatic rings. The minimum absolute atomic E-state index is 0.334. The highest BCUT2D eigenvalue weighted by atomic mass is 19.1. The van der Waals surface area contributed by atoms with Crippen molar-refractivity contribution < 1.29 is 14.3 Å². The summed E-state index contributed by atoms with van der Waals surface area (Å²) in [6.45, 7) is 2.13. The smallest absolute Gasteiger partial charge is 0.338 e. The van der Waals surface area contributed by atoms with Gasteiger partial charge in [0.1, 0.15) is 11.6 Å². The molecule has 2 unspecified atom stereocenters. The van der Waals surface area contributed by atoms with Crippen LogP contribution in [0.5, 0.6) is 0 Å². The highest BCUT2D eigenvalue weighted by Gasteiger charge is 2.36. The molecule has 5 heteroatoms. The number of fused-ring (bicyclic) bond motifs is 1. The molecule has 88 valence electrons.